The molecule has 1 amide bonds. The summed E-state index contributed by atoms with van der Waals surface area (Å²) in [7, 11) is 1.71. The molecule has 1 heterocycles. The zero-order valence-electron chi connectivity index (χ0n) is 12.3. The first-order chi connectivity index (χ1) is 8.63. The minimum Gasteiger partial charge on any atom is -0.358 e. The van der Waals surface area contributed by atoms with Gasteiger partial charge in [0.05, 0.1) is 6.04 Å². The van der Waals surface area contributed by atoms with E-state index in [9.17, 15) is 4.79 Å². The highest BCUT2D eigenvalue weighted by Crippen LogP contribution is 2.22. The number of nitrogens with one attached hydrogen (secondary N) is 2. The molecule has 3 atom stereocenters. The molecular formula is C14H29N3O. The van der Waals surface area contributed by atoms with Crippen LogP contribution >= 0.6 is 0 Å². The molecule has 1 rings (SSSR count). The number of likely N-dealkylation sites (tertiary alicyclic amines) is 1. The molecule has 4 nitrogen and oxygen atoms in total. The van der Waals surface area contributed by atoms with E-state index in [1.165, 1.54) is 12.8 Å². The number of likely N-dealkylation sites (N-methyl/N-ethyl adjacent to an activating group) is 1. The molecule has 0 aromatic carbocycles. The predicted octanol–water partition coefficient (Wildman–Crippen LogP) is 1.22. The van der Waals surface area contributed by atoms with Crippen molar-refractivity contribution in [1.29, 1.82) is 0 Å². The zero-order chi connectivity index (χ0) is 13.5. The van der Waals surface area contributed by atoms with Crippen molar-refractivity contribution >= 4 is 5.91 Å². The predicted molar refractivity (Wildman–Crippen MR) is 75.6 cm³/mol. The molecule has 1 fully saturated rings. The van der Waals surface area contributed by atoms with Crippen LogP contribution in [-0.2, 0) is 4.79 Å². The van der Waals surface area contributed by atoms with Crippen molar-refractivity contribution in [3.05, 3.63) is 0 Å². The molecule has 18 heavy (non-hydrogen) atoms. The number of piperidine rings is 1. The Morgan fingerprint density at radius 1 is 1.44 bits per heavy atom. The van der Waals surface area contributed by atoms with Crippen LogP contribution in [0, 0.1) is 5.92 Å². The molecule has 0 spiro atoms. The second kappa shape index (κ2) is 7.74. The summed E-state index contributed by atoms with van der Waals surface area (Å²) >= 11 is 0. The topological polar surface area (TPSA) is 44.4 Å². The van der Waals surface area contributed by atoms with Gasteiger partial charge in [-0.1, -0.05) is 20.3 Å². The zero-order valence-corrected chi connectivity index (χ0v) is 12.3. The van der Waals surface area contributed by atoms with Gasteiger partial charge in [0.1, 0.15) is 0 Å². The molecule has 1 aliphatic rings. The number of hydrogen-bond acceptors (Lipinski definition) is 3. The molecule has 106 valence electrons. The fourth-order valence-electron chi connectivity index (χ4n) is 2.80. The van der Waals surface area contributed by atoms with E-state index in [0.29, 0.717) is 12.0 Å². The van der Waals surface area contributed by atoms with E-state index in [1.807, 2.05) is 6.92 Å². The Morgan fingerprint density at radius 2 is 2.17 bits per heavy atom. The van der Waals surface area contributed by atoms with E-state index in [-0.39, 0.29) is 11.9 Å². The van der Waals surface area contributed by atoms with Gasteiger partial charge in [0.25, 0.3) is 0 Å². The first kappa shape index (κ1) is 15.4. The van der Waals surface area contributed by atoms with Crippen molar-refractivity contribution in [2.45, 2.75) is 52.1 Å². The summed E-state index contributed by atoms with van der Waals surface area (Å²) in [6.45, 7) is 9.62. The standard InChI is InChI=1S/C14H29N3O/c1-5-8-16-13-7-9-17(10-12(13)6-2)11(3)14(18)15-4/h11-13,16H,5-10H2,1-4H3,(H,15,18). The SMILES string of the molecule is CCCNC1CCN(C(C)C(=O)NC)CC1CC. The van der Waals surface area contributed by atoms with Gasteiger partial charge in [0, 0.05) is 26.2 Å². The lowest BCUT2D eigenvalue weighted by Gasteiger charge is -2.41. The third kappa shape index (κ3) is 3.95. The minimum absolute atomic E-state index is 0.00354. The van der Waals surface area contributed by atoms with Gasteiger partial charge in [0.15, 0.2) is 0 Å². The molecule has 1 aliphatic heterocycles. The lowest BCUT2D eigenvalue weighted by Crippen LogP contribution is -2.54. The summed E-state index contributed by atoms with van der Waals surface area (Å²) in [6.07, 6.45) is 3.52. The Hall–Kier alpha value is -0.610. The second-order valence-electron chi connectivity index (χ2n) is 5.30. The van der Waals surface area contributed by atoms with Gasteiger partial charge in [-0.25, -0.2) is 0 Å². The summed E-state index contributed by atoms with van der Waals surface area (Å²) in [6, 6.07) is 0.624. The van der Waals surface area contributed by atoms with Crippen LogP contribution in [0.2, 0.25) is 0 Å². The van der Waals surface area contributed by atoms with Crippen molar-refractivity contribution in [3.8, 4) is 0 Å². The fraction of sp³-hybridized carbons (Fsp3) is 0.929. The monoisotopic (exact) mass is 255 g/mol. The van der Waals surface area contributed by atoms with Crippen LogP contribution in [0.4, 0.5) is 0 Å². The summed E-state index contributed by atoms with van der Waals surface area (Å²) in [5, 5.41) is 6.39. The molecule has 0 aromatic rings. The van der Waals surface area contributed by atoms with Crippen LogP contribution < -0.4 is 10.6 Å². The van der Waals surface area contributed by atoms with Crippen molar-refractivity contribution in [1.82, 2.24) is 15.5 Å². The molecular weight excluding hydrogens is 226 g/mol. The molecule has 1 saturated heterocycles. The first-order valence-corrected chi connectivity index (χ1v) is 7.33. The van der Waals surface area contributed by atoms with Crippen molar-refractivity contribution in [2.75, 3.05) is 26.7 Å². The Balaban J connectivity index is 2.52. The molecule has 4 heteroatoms. The number of carbonyl (C=O) groups is 1. The lowest BCUT2D eigenvalue weighted by atomic mass is 9.89. The smallest absolute Gasteiger partial charge is 0.236 e. The van der Waals surface area contributed by atoms with E-state index >= 15 is 0 Å². The molecule has 0 bridgehead atoms. The van der Waals surface area contributed by atoms with Crippen LogP contribution in [0.1, 0.15) is 40.0 Å². The summed E-state index contributed by atoms with van der Waals surface area (Å²) < 4.78 is 0. The molecule has 0 saturated carbocycles. The second-order valence-corrected chi connectivity index (χ2v) is 5.30. The van der Waals surface area contributed by atoms with Gasteiger partial charge in [-0.15, -0.1) is 0 Å². The number of nitrogens with zero attached hydrogens (tertiary/aromatic N) is 1. The molecule has 0 aromatic heterocycles. The van der Waals surface area contributed by atoms with Crippen LogP contribution in [-0.4, -0.2) is 49.6 Å². The van der Waals surface area contributed by atoms with Crippen LogP contribution in [0.3, 0.4) is 0 Å². The highest BCUT2D eigenvalue weighted by atomic mass is 16.2. The maximum absolute atomic E-state index is 11.7. The van der Waals surface area contributed by atoms with Crippen molar-refractivity contribution in [2.24, 2.45) is 5.92 Å². The van der Waals surface area contributed by atoms with Gasteiger partial charge < -0.3 is 10.6 Å². The highest BCUT2D eigenvalue weighted by molar-refractivity contribution is 5.80. The van der Waals surface area contributed by atoms with Crippen LogP contribution in [0.5, 0.6) is 0 Å². The number of carbonyl (C=O) groups excluding carboxylic acids is 1. The largest absolute Gasteiger partial charge is 0.358 e. The first-order valence-electron chi connectivity index (χ1n) is 7.33. The van der Waals surface area contributed by atoms with Crippen molar-refractivity contribution < 1.29 is 4.79 Å². The van der Waals surface area contributed by atoms with E-state index in [2.05, 4.69) is 29.4 Å². The average molecular weight is 255 g/mol. The summed E-state index contributed by atoms with van der Waals surface area (Å²) in [5.41, 5.74) is 0. The van der Waals surface area contributed by atoms with Gasteiger partial charge in [-0.3, -0.25) is 9.69 Å². The van der Waals surface area contributed by atoms with Crippen LogP contribution in [0.15, 0.2) is 0 Å². The Bertz CT molecular complexity index is 257. The summed E-state index contributed by atoms with van der Waals surface area (Å²) in [5.74, 6) is 0.794. The Labute approximate surface area is 111 Å². The quantitative estimate of drug-likeness (QED) is 0.750. The van der Waals surface area contributed by atoms with E-state index < -0.39 is 0 Å². The highest BCUT2D eigenvalue weighted by Gasteiger charge is 2.31. The third-order valence-electron chi connectivity index (χ3n) is 4.12. The van der Waals surface area contributed by atoms with E-state index in [4.69, 9.17) is 0 Å². The molecule has 2 N–H and O–H groups in total. The Morgan fingerprint density at radius 3 is 2.72 bits per heavy atom. The number of amides is 1. The van der Waals surface area contributed by atoms with Gasteiger partial charge in [0.2, 0.25) is 5.91 Å². The minimum atomic E-state index is -0.00354. The number of rotatable bonds is 6. The third-order valence-corrected chi connectivity index (χ3v) is 4.12. The lowest BCUT2D eigenvalue weighted by molar-refractivity contribution is -0.126. The number of hydrogen-bond donors (Lipinski definition) is 2. The molecule has 0 aliphatic carbocycles. The van der Waals surface area contributed by atoms with E-state index in [0.717, 1.165) is 26.1 Å². The molecule has 3 unspecified atom stereocenters. The van der Waals surface area contributed by atoms with Gasteiger partial charge in [-0.2, -0.15) is 0 Å². The van der Waals surface area contributed by atoms with Gasteiger partial charge in [-0.05, 0) is 32.2 Å². The van der Waals surface area contributed by atoms with Crippen LogP contribution in [0.25, 0.3) is 0 Å². The molecule has 0 radical (unpaired) electrons. The maximum atomic E-state index is 11.7. The van der Waals surface area contributed by atoms with E-state index in [1.54, 1.807) is 7.05 Å². The van der Waals surface area contributed by atoms with Crippen molar-refractivity contribution in [3.63, 3.8) is 0 Å². The average Bonchev–Trinajstić information content (AvgIpc) is 2.43. The normalized spacial score (nSPS) is 26.9. The van der Waals surface area contributed by atoms with Gasteiger partial charge >= 0.3 is 0 Å². The fourth-order valence-corrected chi connectivity index (χ4v) is 2.80. The summed E-state index contributed by atoms with van der Waals surface area (Å²) in [4.78, 5) is 14.0. The maximum Gasteiger partial charge on any atom is 0.236 e. The Kier molecular flexibility index (Phi) is 6.65.